The van der Waals surface area contributed by atoms with Gasteiger partial charge in [-0.2, -0.15) is 0 Å². The number of fused-ring (bicyclic) bond motifs is 1. The van der Waals surface area contributed by atoms with Crippen LogP contribution >= 0.6 is 0 Å². The SMILES string of the molecule is CN1CCN(C(=O)c2cncc(-c3cccc4ccccc34)n2)CC1. The summed E-state index contributed by atoms with van der Waals surface area (Å²) in [6, 6.07) is 14.3. The molecule has 0 bridgehead atoms. The van der Waals surface area contributed by atoms with Crippen molar-refractivity contribution in [2.24, 2.45) is 0 Å². The van der Waals surface area contributed by atoms with Gasteiger partial charge < -0.3 is 9.80 Å². The highest BCUT2D eigenvalue weighted by Gasteiger charge is 2.22. The lowest BCUT2D eigenvalue weighted by molar-refractivity contribution is 0.0658. The fraction of sp³-hybridized carbons (Fsp3) is 0.250. The van der Waals surface area contributed by atoms with Crippen LogP contribution in [-0.2, 0) is 0 Å². The summed E-state index contributed by atoms with van der Waals surface area (Å²) in [5.74, 6) is -0.0392. The molecule has 1 aromatic heterocycles. The quantitative estimate of drug-likeness (QED) is 0.724. The summed E-state index contributed by atoms with van der Waals surface area (Å²) >= 11 is 0. The van der Waals surface area contributed by atoms with Crippen molar-refractivity contribution in [3.05, 3.63) is 60.6 Å². The topological polar surface area (TPSA) is 49.3 Å². The van der Waals surface area contributed by atoms with Crippen LogP contribution in [0.25, 0.3) is 22.0 Å². The Morgan fingerprint density at radius 2 is 1.72 bits per heavy atom. The molecular weight excluding hydrogens is 312 g/mol. The van der Waals surface area contributed by atoms with Crippen molar-refractivity contribution < 1.29 is 4.79 Å². The van der Waals surface area contributed by atoms with E-state index in [1.807, 2.05) is 29.2 Å². The van der Waals surface area contributed by atoms with Gasteiger partial charge in [0.1, 0.15) is 5.69 Å². The molecule has 5 heteroatoms. The third-order valence-corrected chi connectivity index (χ3v) is 4.71. The number of hydrogen-bond acceptors (Lipinski definition) is 4. The fourth-order valence-electron chi connectivity index (χ4n) is 3.22. The van der Waals surface area contributed by atoms with Crippen LogP contribution in [0.5, 0.6) is 0 Å². The Kier molecular flexibility index (Phi) is 4.15. The Balaban J connectivity index is 1.68. The normalized spacial score (nSPS) is 15.5. The van der Waals surface area contributed by atoms with Gasteiger partial charge in [0.2, 0.25) is 0 Å². The molecule has 2 heterocycles. The largest absolute Gasteiger partial charge is 0.335 e. The maximum Gasteiger partial charge on any atom is 0.274 e. The molecule has 126 valence electrons. The first-order valence-electron chi connectivity index (χ1n) is 8.50. The average Bonchev–Trinajstić information content (AvgIpc) is 2.68. The summed E-state index contributed by atoms with van der Waals surface area (Å²) in [4.78, 5) is 25.7. The first-order chi connectivity index (χ1) is 12.2. The number of benzene rings is 2. The Morgan fingerprint density at radius 3 is 2.56 bits per heavy atom. The molecule has 3 aromatic rings. The van der Waals surface area contributed by atoms with Gasteiger partial charge in [-0.1, -0.05) is 42.5 Å². The molecule has 2 aromatic carbocycles. The standard InChI is InChI=1S/C20H20N4O/c1-23-9-11-24(12-10-23)20(25)19-14-21-13-18(22-19)17-8-4-6-15-5-2-3-7-16(15)17/h2-8,13-14H,9-12H2,1H3. The number of hydrogen-bond donors (Lipinski definition) is 0. The molecule has 1 aliphatic rings. The predicted octanol–water partition coefficient (Wildman–Crippen LogP) is 2.68. The zero-order chi connectivity index (χ0) is 17.2. The molecule has 1 amide bonds. The number of carbonyl (C=O) groups is 1. The summed E-state index contributed by atoms with van der Waals surface area (Å²) in [7, 11) is 2.07. The number of carbonyl (C=O) groups excluding carboxylic acids is 1. The molecule has 0 saturated carbocycles. The number of piperazine rings is 1. The summed E-state index contributed by atoms with van der Waals surface area (Å²) in [5, 5.41) is 2.26. The third kappa shape index (κ3) is 3.10. The van der Waals surface area contributed by atoms with Crippen molar-refractivity contribution >= 4 is 16.7 Å². The smallest absolute Gasteiger partial charge is 0.274 e. The lowest BCUT2D eigenvalue weighted by atomic mass is 10.0. The molecule has 0 aliphatic carbocycles. The molecule has 1 aliphatic heterocycles. The van der Waals surface area contributed by atoms with Crippen LogP contribution in [0.1, 0.15) is 10.5 Å². The molecule has 0 spiro atoms. The lowest BCUT2D eigenvalue weighted by Crippen LogP contribution is -2.47. The Hall–Kier alpha value is -2.79. The number of rotatable bonds is 2. The van der Waals surface area contributed by atoms with E-state index in [0.29, 0.717) is 5.69 Å². The van der Waals surface area contributed by atoms with Gasteiger partial charge in [-0.15, -0.1) is 0 Å². The Bertz CT molecular complexity index is 911. The van der Waals surface area contributed by atoms with E-state index >= 15 is 0 Å². The number of likely N-dealkylation sites (N-methyl/N-ethyl adjacent to an activating group) is 1. The van der Waals surface area contributed by atoms with E-state index < -0.39 is 0 Å². The fourth-order valence-corrected chi connectivity index (χ4v) is 3.22. The average molecular weight is 332 g/mol. The highest BCUT2D eigenvalue weighted by molar-refractivity contribution is 5.97. The van der Waals surface area contributed by atoms with Gasteiger partial charge in [0.25, 0.3) is 5.91 Å². The molecular formula is C20H20N4O. The zero-order valence-electron chi connectivity index (χ0n) is 14.2. The van der Waals surface area contributed by atoms with Crippen LogP contribution in [-0.4, -0.2) is 58.9 Å². The van der Waals surface area contributed by atoms with E-state index in [2.05, 4.69) is 40.1 Å². The molecule has 0 unspecified atom stereocenters. The monoisotopic (exact) mass is 332 g/mol. The molecule has 5 nitrogen and oxygen atoms in total. The van der Waals surface area contributed by atoms with E-state index in [1.165, 1.54) is 0 Å². The van der Waals surface area contributed by atoms with Crippen molar-refractivity contribution in [3.8, 4) is 11.3 Å². The van der Waals surface area contributed by atoms with Crippen molar-refractivity contribution in [1.82, 2.24) is 19.8 Å². The Morgan fingerprint density at radius 1 is 0.960 bits per heavy atom. The zero-order valence-corrected chi connectivity index (χ0v) is 14.2. The van der Waals surface area contributed by atoms with E-state index in [1.54, 1.807) is 12.4 Å². The van der Waals surface area contributed by atoms with Gasteiger partial charge in [-0.3, -0.25) is 9.78 Å². The van der Waals surface area contributed by atoms with Crippen molar-refractivity contribution in [2.45, 2.75) is 0 Å². The van der Waals surface area contributed by atoms with Crippen LogP contribution < -0.4 is 0 Å². The first kappa shape index (κ1) is 15.7. The molecule has 0 radical (unpaired) electrons. The van der Waals surface area contributed by atoms with E-state index in [-0.39, 0.29) is 5.91 Å². The van der Waals surface area contributed by atoms with E-state index in [4.69, 9.17) is 0 Å². The van der Waals surface area contributed by atoms with Crippen LogP contribution in [0.15, 0.2) is 54.9 Å². The van der Waals surface area contributed by atoms with Gasteiger partial charge >= 0.3 is 0 Å². The van der Waals surface area contributed by atoms with E-state index in [9.17, 15) is 4.79 Å². The van der Waals surface area contributed by atoms with Gasteiger partial charge in [-0.05, 0) is 17.8 Å². The van der Waals surface area contributed by atoms with Crippen LogP contribution in [0.2, 0.25) is 0 Å². The Labute approximate surface area is 146 Å². The molecule has 25 heavy (non-hydrogen) atoms. The second kappa shape index (κ2) is 6.61. The highest BCUT2D eigenvalue weighted by Crippen LogP contribution is 2.27. The molecule has 1 fully saturated rings. The maximum absolute atomic E-state index is 12.8. The molecule has 4 rings (SSSR count). The first-order valence-corrected chi connectivity index (χ1v) is 8.50. The van der Waals surface area contributed by atoms with Gasteiger partial charge in [0.05, 0.1) is 18.1 Å². The van der Waals surface area contributed by atoms with E-state index in [0.717, 1.165) is 48.2 Å². The van der Waals surface area contributed by atoms with Crippen molar-refractivity contribution in [1.29, 1.82) is 0 Å². The third-order valence-electron chi connectivity index (χ3n) is 4.71. The molecule has 1 saturated heterocycles. The summed E-state index contributed by atoms with van der Waals surface area (Å²) in [5.41, 5.74) is 2.14. The van der Waals surface area contributed by atoms with Gasteiger partial charge in [-0.25, -0.2) is 4.98 Å². The molecule has 0 atom stereocenters. The van der Waals surface area contributed by atoms with Gasteiger partial charge in [0.15, 0.2) is 0 Å². The highest BCUT2D eigenvalue weighted by atomic mass is 16.2. The van der Waals surface area contributed by atoms with Crippen LogP contribution in [0.4, 0.5) is 0 Å². The van der Waals surface area contributed by atoms with Crippen molar-refractivity contribution in [3.63, 3.8) is 0 Å². The number of aromatic nitrogens is 2. The minimum Gasteiger partial charge on any atom is -0.335 e. The van der Waals surface area contributed by atoms with Crippen LogP contribution in [0.3, 0.4) is 0 Å². The number of amides is 1. The summed E-state index contributed by atoms with van der Waals surface area (Å²) < 4.78 is 0. The van der Waals surface area contributed by atoms with Crippen LogP contribution in [0, 0.1) is 0 Å². The minimum absolute atomic E-state index is 0.0392. The predicted molar refractivity (Wildman–Crippen MR) is 98.4 cm³/mol. The minimum atomic E-state index is -0.0392. The molecule has 0 N–H and O–H groups in total. The number of nitrogens with zero attached hydrogens (tertiary/aromatic N) is 4. The maximum atomic E-state index is 12.8. The second-order valence-corrected chi connectivity index (χ2v) is 6.41. The lowest BCUT2D eigenvalue weighted by Gasteiger charge is -2.32. The second-order valence-electron chi connectivity index (χ2n) is 6.41. The van der Waals surface area contributed by atoms with Crippen molar-refractivity contribution in [2.75, 3.05) is 33.2 Å². The summed E-state index contributed by atoms with van der Waals surface area (Å²) in [6.45, 7) is 3.25. The summed E-state index contributed by atoms with van der Waals surface area (Å²) in [6.07, 6.45) is 3.29. The van der Waals surface area contributed by atoms with Gasteiger partial charge in [0, 0.05) is 31.7 Å².